The molecule has 1 N–H and O–H groups in total. The number of nitrogens with one attached hydrogen (secondary N) is 1. The van der Waals surface area contributed by atoms with E-state index in [1.165, 1.54) is 12.1 Å². The van der Waals surface area contributed by atoms with E-state index in [1.54, 1.807) is 6.07 Å². The summed E-state index contributed by atoms with van der Waals surface area (Å²) in [6, 6.07) is 4.35. The van der Waals surface area contributed by atoms with Crippen LogP contribution in [0.1, 0.15) is 38.3 Å². The Labute approximate surface area is 113 Å². The van der Waals surface area contributed by atoms with Crippen LogP contribution in [0.15, 0.2) is 18.2 Å². The van der Waals surface area contributed by atoms with Crippen LogP contribution >= 0.6 is 11.6 Å². The van der Waals surface area contributed by atoms with Crippen LogP contribution in [0.3, 0.4) is 0 Å². The van der Waals surface area contributed by atoms with E-state index in [9.17, 15) is 4.39 Å². The first-order valence-electron chi connectivity index (χ1n) is 6.37. The molecule has 0 saturated heterocycles. The van der Waals surface area contributed by atoms with Crippen LogP contribution in [0.25, 0.3) is 0 Å². The second-order valence-corrected chi connectivity index (χ2v) is 4.62. The van der Waals surface area contributed by atoms with Crippen molar-refractivity contribution in [2.24, 2.45) is 0 Å². The van der Waals surface area contributed by atoms with Gasteiger partial charge in [-0.15, -0.1) is 0 Å². The van der Waals surface area contributed by atoms with Crippen molar-refractivity contribution in [3.8, 4) is 0 Å². The lowest BCUT2D eigenvalue weighted by Crippen LogP contribution is -2.32. The SMILES string of the molecule is CCCC(OCC)C(NC)c1cc(F)ccc1Cl. The van der Waals surface area contributed by atoms with E-state index in [-0.39, 0.29) is 18.0 Å². The van der Waals surface area contributed by atoms with E-state index in [0.29, 0.717) is 11.6 Å². The normalized spacial score (nSPS) is 14.5. The smallest absolute Gasteiger partial charge is 0.123 e. The van der Waals surface area contributed by atoms with Gasteiger partial charge in [0.2, 0.25) is 0 Å². The van der Waals surface area contributed by atoms with Crippen molar-refractivity contribution in [1.82, 2.24) is 5.32 Å². The Kier molecular flexibility index (Phi) is 6.61. The Bertz CT molecular complexity index is 367. The largest absolute Gasteiger partial charge is 0.377 e. The van der Waals surface area contributed by atoms with Crippen LogP contribution in [-0.2, 0) is 4.74 Å². The molecular formula is C14H21ClFNO. The zero-order chi connectivity index (χ0) is 13.5. The van der Waals surface area contributed by atoms with Crippen LogP contribution in [0, 0.1) is 5.82 Å². The number of benzene rings is 1. The van der Waals surface area contributed by atoms with Gasteiger partial charge in [0, 0.05) is 11.6 Å². The number of hydrogen-bond acceptors (Lipinski definition) is 2. The Morgan fingerprint density at radius 2 is 2.11 bits per heavy atom. The summed E-state index contributed by atoms with van der Waals surface area (Å²) in [5.74, 6) is -0.276. The van der Waals surface area contributed by atoms with Crippen LogP contribution < -0.4 is 5.32 Å². The van der Waals surface area contributed by atoms with Crippen LogP contribution in [-0.4, -0.2) is 19.8 Å². The molecule has 1 rings (SSSR count). The Morgan fingerprint density at radius 1 is 1.39 bits per heavy atom. The molecule has 0 heterocycles. The maximum Gasteiger partial charge on any atom is 0.123 e. The number of rotatable bonds is 7. The van der Waals surface area contributed by atoms with Gasteiger partial charge in [-0.05, 0) is 44.2 Å². The molecule has 1 aromatic rings. The zero-order valence-electron chi connectivity index (χ0n) is 11.2. The topological polar surface area (TPSA) is 21.3 Å². The number of hydrogen-bond donors (Lipinski definition) is 1. The van der Waals surface area contributed by atoms with Crippen molar-refractivity contribution in [3.63, 3.8) is 0 Å². The first kappa shape index (κ1) is 15.4. The molecule has 0 aromatic heterocycles. The van der Waals surface area contributed by atoms with Crippen molar-refractivity contribution in [2.45, 2.75) is 38.8 Å². The highest BCUT2D eigenvalue weighted by Gasteiger charge is 2.23. The van der Waals surface area contributed by atoms with Gasteiger partial charge in [-0.3, -0.25) is 0 Å². The lowest BCUT2D eigenvalue weighted by molar-refractivity contribution is 0.0295. The lowest BCUT2D eigenvalue weighted by Gasteiger charge is -2.27. The Hall–Kier alpha value is -0.640. The van der Waals surface area contributed by atoms with Gasteiger partial charge in [-0.2, -0.15) is 0 Å². The van der Waals surface area contributed by atoms with Gasteiger partial charge in [-0.25, -0.2) is 4.39 Å². The van der Waals surface area contributed by atoms with E-state index in [2.05, 4.69) is 12.2 Å². The van der Waals surface area contributed by atoms with Crippen molar-refractivity contribution >= 4 is 11.6 Å². The first-order chi connectivity index (χ1) is 8.63. The fraction of sp³-hybridized carbons (Fsp3) is 0.571. The van der Waals surface area contributed by atoms with Gasteiger partial charge in [0.15, 0.2) is 0 Å². The molecule has 0 aliphatic rings. The molecule has 102 valence electrons. The summed E-state index contributed by atoms with van der Waals surface area (Å²) in [6.45, 7) is 4.70. The zero-order valence-corrected chi connectivity index (χ0v) is 11.9. The molecule has 0 aliphatic heterocycles. The third-order valence-corrected chi connectivity index (χ3v) is 3.27. The highest BCUT2D eigenvalue weighted by Crippen LogP contribution is 2.29. The average molecular weight is 274 g/mol. The number of likely N-dealkylation sites (N-methyl/N-ethyl adjacent to an activating group) is 1. The molecule has 0 aliphatic carbocycles. The standard InChI is InChI=1S/C14H21ClFNO/c1-4-6-13(18-5-2)14(17-3)11-9-10(16)7-8-12(11)15/h7-9,13-14,17H,4-6H2,1-3H3. The van der Waals surface area contributed by atoms with Gasteiger partial charge >= 0.3 is 0 Å². The van der Waals surface area contributed by atoms with Gasteiger partial charge < -0.3 is 10.1 Å². The second-order valence-electron chi connectivity index (χ2n) is 4.21. The van der Waals surface area contributed by atoms with Gasteiger partial charge in [0.1, 0.15) is 5.82 Å². The molecule has 0 saturated carbocycles. The molecule has 0 spiro atoms. The Morgan fingerprint density at radius 3 is 2.67 bits per heavy atom. The molecule has 18 heavy (non-hydrogen) atoms. The monoisotopic (exact) mass is 273 g/mol. The third-order valence-electron chi connectivity index (χ3n) is 2.93. The van der Waals surface area contributed by atoms with E-state index in [0.717, 1.165) is 18.4 Å². The summed E-state index contributed by atoms with van der Waals surface area (Å²) in [4.78, 5) is 0. The molecular weight excluding hydrogens is 253 g/mol. The molecule has 0 fully saturated rings. The molecule has 0 bridgehead atoms. The van der Waals surface area contributed by atoms with Crippen LogP contribution in [0.4, 0.5) is 4.39 Å². The molecule has 1 aromatic carbocycles. The van der Waals surface area contributed by atoms with Crippen LogP contribution in [0.5, 0.6) is 0 Å². The predicted molar refractivity (Wildman–Crippen MR) is 73.5 cm³/mol. The molecule has 4 heteroatoms. The van der Waals surface area contributed by atoms with Crippen molar-refractivity contribution in [1.29, 1.82) is 0 Å². The van der Waals surface area contributed by atoms with E-state index in [4.69, 9.17) is 16.3 Å². The number of ether oxygens (including phenoxy) is 1. The maximum atomic E-state index is 13.4. The minimum absolute atomic E-state index is 0.00398. The molecule has 2 atom stereocenters. The summed E-state index contributed by atoms with van der Waals surface area (Å²) in [5.41, 5.74) is 0.756. The van der Waals surface area contributed by atoms with Crippen molar-refractivity contribution in [3.05, 3.63) is 34.6 Å². The quantitative estimate of drug-likeness (QED) is 0.812. The second kappa shape index (κ2) is 7.72. The van der Waals surface area contributed by atoms with E-state index < -0.39 is 0 Å². The van der Waals surface area contributed by atoms with Crippen LogP contribution in [0.2, 0.25) is 5.02 Å². The third kappa shape index (κ3) is 3.94. The summed E-state index contributed by atoms with van der Waals surface area (Å²) in [5, 5.41) is 3.75. The van der Waals surface area contributed by atoms with Gasteiger partial charge in [-0.1, -0.05) is 24.9 Å². The molecule has 0 amide bonds. The maximum absolute atomic E-state index is 13.4. The summed E-state index contributed by atoms with van der Waals surface area (Å²) >= 11 is 6.15. The first-order valence-corrected chi connectivity index (χ1v) is 6.75. The van der Waals surface area contributed by atoms with E-state index >= 15 is 0 Å². The van der Waals surface area contributed by atoms with Crippen molar-refractivity contribution < 1.29 is 9.13 Å². The highest BCUT2D eigenvalue weighted by molar-refractivity contribution is 6.31. The van der Waals surface area contributed by atoms with E-state index in [1.807, 2.05) is 14.0 Å². The molecule has 2 unspecified atom stereocenters. The fourth-order valence-electron chi connectivity index (χ4n) is 2.14. The summed E-state index contributed by atoms with van der Waals surface area (Å²) in [7, 11) is 1.84. The fourth-order valence-corrected chi connectivity index (χ4v) is 2.37. The minimum atomic E-state index is -0.276. The minimum Gasteiger partial charge on any atom is -0.377 e. The van der Waals surface area contributed by atoms with Gasteiger partial charge in [0.25, 0.3) is 0 Å². The summed E-state index contributed by atoms with van der Waals surface area (Å²) in [6.07, 6.45) is 1.92. The average Bonchev–Trinajstić information content (AvgIpc) is 2.35. The molecule has 2 nitrogen and oxygen atoms in total. The highest BCUT2D eigenvalue weighted by atomic mass is 35.5. The lowest BCUT2D eigenvalue weighted by atomic mass is 9.98. The Balaban J connectivity index is 3.01. The summed E-state index contributed by atoms with van der Waals surface area (Å²) < 4.78 is 19.1. The number of halogens is 2. The predicted octanol–water partition coefficient (Wildman–Crippen LogP) is 3.94. The van der Waals surface area contributed by atoms with Gasteiger partial charge in [0.05, 0.1) is 12.1 Å². The molecule has 0 radical (unpaired) electrons. The van der Waals surface area contributed by atoms with Crippen molar-refractivity contribution in [2.75, 3.05) is 13.7 Å².